The van der Waals surface area contributed by atoms with Gasteiger partial charge >= 0.3 is 6.18 Å². The first-order valence-corrected chi connectivity index (χ1v) is 7.73. The van der Waals surface area contributed by atoms with Crippen LogP contribution < -0.4 is 5.73 Å². The highest BCUT2D eigenvalue weighted by molar-refractivity contribution is 7.89. The Morgan fingerprint density at radius 1 is 1.33 bits per heavy atom. The highest BCUT2D eigenvalue weighted by Crippen LogP contribution is 2.35. The average molecular weight is 320 g/mol. The summed E-state index contributed by atoms with van der Waals surface area (Å²) in [5, 5.41) is 3.43. The Kier molecular flexibility index (Phi) is 3.70. The highest BCUT2D eigenvalue weighted by atomic mass is 32.2. The summed E-state index contributed by atoms with van der Waals surface area (Å²) >= 11 is 0. The van der Waals surface area contributed by atoms with Crippen LogP contribution in [0.4, 0.5) is 19.0 Å². The number of hydrogen-bond acceptors (Lipinski definition) is 5. The molecular weight excluding hydrogens is 309 g/mol. The number of nitrogens with two attached hydrogens (primary N) is 1. The number of nitrogen functional groups attached to an aromatic ring is 1. The van der Waals surface area contributed by atoms with Crippen molar-refractivity contribution in [2.75, 3.05) is 12.0 Å². The number of alkyl halides is 3. The van der Waals surface area contributed by atoms with Crippen LogP contribution in [0.2, 0.25) is 0 Å². The fourth-order valence-corrected chi connectivity index (χ4v) is 2.51. The molecule has 0 spiro atoms. The van der Waals surface area contributed by atoms with Crippen LogP contribution in [0.15, 0.2) is 28.8 Å². The predicted octanol–water partition coefficient (Wildman–Crippen LogP) is 2.49. The van der Waals surface area contributed by atoms with Gasteiger partial charge in [-0.25, -0.2) is 8.42 Å². The number of anilines is 1. The van der Waals surface area contributed by atoms with Gasteiger partial charge < -0.3 is 10.3 Å². The lowest BCUT2D eigenvalue weighted by atomic mass is 10.0. The third-order valence-electron chi connectivity index (χ3n) is 2.66. The summed E-state index contributed by atoms with van der Waals surface area (Å²) in [7, 11) is -3.44. The van der Waals surface area contributed by atoms with Crippen molar-refractivity contribution in [1.82, 2.24) is 5.16 Å². The molecule has 0 aliphatic carbocycles. The van der Waals surface area contributed by atoms with E-state index in [0.29, 0.717) is 0 Å². The summed E-state index contributed by atoms with van der Waals surface area (Å²) in [6, 6.07) is 4.36. The van der Waals surface area contributed by atoms with Crippen LogP contribution in [0.1, 0.15) is 11.3 Å². The van der Waals surface area contributed by atoms with E-state index in [4.69, 9.17) is 10.3 Å². The maximum Gasteiger partial charge on any atom is 0.416 e. The summed E-state index contributed by atoms with van der Waals surface area (Å²) in [6.07, 6.45) is -3.54. The van der Waals surface area contributed by atoms with Crippen molar-refractivity contribution >= 4 is 15.7 Å². The molecule has 0 atom stereocenters. The van der Waals surface area contributed by atoms with Gasteiger partial charge in [-0.05, 0) is 17.7 Å². The molecule has 21 heavy (non-hydrogen) atoms. The van der Waals surface area contributed by atoms with E-state index < -0.39 is 27.3 Å². The van der Waals surface area contributed by atoms with Gasteiger partial charge in [0.1, 0.15) is 5.75 Å². The van der Waals surface area contributed by atoms with Gasteiger partial charge in [-0.1, -0.05) is 17.3 Å². The molecule has 1 aromatic carbocycles. The molecule has 0 amide bonds. The third-order valence-corrected chi connectivity index (χ3v) is 3.45. The molecule has 0 bridgehead atoms. The Labute approximate surface area is 118 Å². The number of rotatable bonds is 3. The summed E-state index contributed by atoms with van der Waals surface area (Å²) in [6.45, 7) is 0. The van der Waals surface area contributed by atoms with Crippen molar-refractivity contribution in [1.29, 1.82) is 0 Å². The van der Waals surface area contributed by atoms with Crippen molar-refractivity contribution < 1.29 is 26.1 Å². The van der Waals surface area contributed by atoms with Crippen LogP contribution in [0, 0.1) is 0 Å². The lowest BCUT2D eigenvalue weighted by molar-refractivity contribution is -0.137. The first-order chi connectivity index (χ1) is 9.58. The number of aromatic nitrogens is 1. The maximum absolute atomic E-state index is 12.7. The zero-order valence-electron chi connectivity index (χ0n) is 10.8. The molecule has 0 radical (unpaired) electrons. The van der Waals surface area contributed by atoms with Crippen LogP contribution in [-0.2, 0) is 21.8 Å². The molecule has 0 saturated heterocycles. The smallest absolute Gasteiger partial charge is 0.380 e. The van der Waals surface area contributed by atoms with Gasteiger partial charge in [0.15, 0.2) is 21.4 Å². The Morgan fingerprint density at radius 2 is 2.00 bits per heavy atom. The molecule has 2 N–H and O–H groups in total. The van der Waals surface area contributed by atoms with Gasteiger partial charge in [0.2, 0.25) is 0 Å². The van der Waals surface area contributed by atoms with Crippen molar-refractivity contribution in [2.24, 2.45) is 0 Å². The molecule has 114 valence electrons. The van der Waals surface area contributed by atoms with E-state index in [1.807, 2.05) is 0 Å². The zero-order chi connectivity index (χ0) is 15.8. The van der Waals surface area contributed by atoms with Gasteiger partial charge in [-0.2, -0.15) is 13.2 Å². The van der Waals surface area contributed by atoms with Crippen LogP contribution >= 0.6 is 0 Å². The Hall–Kier alpha value is -2.03. The Bertz CT molecular complexity index is 766. The molecule has 0 aliphatic rings. The molecule has 1 aromatic heterocycles. The molecule has 2 rings (SSSR count). The Balaban J connectivity index is 2.55. The molecular formula is C12H11F3N2O3S. The third kappa shape index (κ3) is 3.54. The molecule has 0 aliphatic heterocycles. The maximum atomic E-state index is 12.7. The zero-order valence-corrected chi connectivity index (χ0v) is 11.6. The van der Waals surface area contributed by atoms with Gasteiger partial charge in [-0.15, -0.1) is 0 Å². The van der Waals surface area contributed by atoms with Crippen LogP contribution in [0.5, 0.6) is 0 Å². The minimum atomic E-state index is -4.51. The van der Waals surface area contributed by atoms with E-state index in [-0.39, 0.29) is 22.7 Å². The fraction of sp³-hybridized carbons (Fsp3) is 0.250. The first-order valence-electron chi connectivity index (χ1n) is 5.67. The summed E-state index contributed by atoms with van der Waals surface area (Å²) in [5.74, 6) is -0.745. The lowest BCUT2D eigenvalue weighted by Crippen LogP contribution is -2.05. The van der Waals surface area contributed by atoms with E-state index in [2.05, 4.69) is 5.16 Å². The minimum Gasteiger partial charge on any atom is -0.380 e. The van der Waals surface area contributed by atoms with Gasteiger partial charge in [0.25, 0.3) is 0 Å². The van der Waals surface area contributed by atoms with Gasteiger partial charge in [-0.3, -0.25) is 0 Å². The summed E-state index contributed by atoms with van der Waals surface area (Å²) < 4.78 is 65.6. The van der Waals surface area contributed by atoms with Crippen molar-refractivity contribution in [3.63, 3.8) is 0 Å². The van der Waals surface area contributed by atoms with Crippen molar-refractivity contribution in [2.45, 2.75) is 11.9 Å². The summed E-state index contributed by atoms with van der Waals surface area (Å²) in [4.78, 5) is 0. The van der Waals surface area contributed by atoms with E-state index >= 15 is 0 Å². The van der Waals surface area contributed by atoms with E-state index in [0.717, 1.165) is 18.4 Å². The molecule has 0 unspecified atom stereocenters. The first kappa shape index (κ1) is 15.4. The monoisotopic (exact) mass is 320 g/mol. The molecule has 1 heterocycles. The van der Waals surface area contributed by atoms with Crippen molar-refractivity contribution in [3.8, 4) is 11.1 Å². The number of hydrogen-bond donors (Lipinski definition) is 1. The molecule has 9 heteroatoms. The SMILES string of the molecule is CS(=O)(=O)Cc1onc(N)c1-c1cccc(C(F)(F)F)c1. The van der Waals surface area contributed by atoms with Crippen LogP contribution in [0.3, 0.4) is 0 Å². The number of sulfone groups is 1. The second-order valence-corrected chi connectivity index (χ2v) is 6.65. The second kappa shape index (κ2) is 5.06. The molecule has 0 saturated carbocycles. The standard InChI is InChI=1S/C12H11F3N2O3S/c1-21(18,19)6-9-10(11(16)17-20-9)7-3-2-4-8(5-7)12(13,14)15/h2-5H,6H2,1H3,(H2,16,17). The van der Waals surface area contributed by atoms with Crippen LogP contribution in [0.25, 0.3) is 11.1 Å². The van der Waals surface area contributed by atoms with Gasteiger partial charge in [0, 0.05) is 6.26 Å². The quantitative estimate of drug-likeness (QED) is 0.939. The normalized spacial score (nSPS) is 12.6. The highest BCUT2D eigenvalue weighted by Gasteiger charge is 2.31. The second-order valence-electron chi connectivity index (χ2n) is 4.51. The average Bonchev–Trinajstić information content (AvgIpc) is 2.67. The Morgan fingerprint density at radius 3 is 2.57 bits per heavy atom. The number of nitrogens with zero attached hydrogens (tertiary/aromatic N) is 1. The lowest BCUT2D eigenvalue weighted by Gasteiger charge is -2.08. The van der Waals surface area contributed by atoms with Crippen molar-refractivity contribution in [3.05, 3.63) is 35.6 Å². The topological polar surface area (TPSA) is 86.2 Å². The summed E-state index contributed by atoms with van der Waals surface area (Å²) in [5.41, 5.74) is 4.86. The molecule has 0 fully saturated rings. The number of benzene rings is 1. The minimum absolute atomic E-state index is 0.0616. The van der Waals surface area contributed by atoms with E-state index in [1.165, 1.54) is 12.1 Å². The van der Waals surface area contributed by atoms with Crippen LogP contribution in [-0.4, -0.2) is 19.8 Å². The molecule has 5 nitrogen and oxygen atoms in total. The fourth-order valence-electron chi connectivity index (χ4n) is 1.83. The largest absolute Gasteiger partial charge is 0.416 e. The van der Waals surface area contributed by atoms with E-state index in [1.54, 1.807) is 0 Å². The van der Waals surface area contributed by atoms with E-state index in [9.17, 15) is 21.6 Å². The predicted molar refractivity (Wildman–Crippen MR) is 69.9 cm³/mol. The number of halogens is 3. The molecule has 2 aromatic rings. The van der Waals surface area contributed by atoms with Gasteiger partial charge in [0.05, 0.1) is 11.1 Å².